The lowest BCUT2D eigenvalue weighted by molar-refractivity contribution is -0.186. The number of carbonyl (C=O) groups excluding carboxylic acids is 1. The van der Waals surface area contributed by atoms with Gasteiger partial charge in [0.1, 0.15) is 18.6 Å². The van der Waals surface area contributed by atoms with E-state index in [9.17, 15) is 20.1 Å². The molecule has 13 heteroatoms. The number of esters is 1. The molecule has 2 fully saturated rings. The monoisotopic (exact) mass is 712 g/mol. The largest absolute Gasteiger partial charge is 0.507 e. The second-order valence-corrected chi connectivity index (χ2v) is 15.8. The van der Waals surface area contributed by atoms with Crippen LogP contribution in [0.4, 0.5) is 0 Å². The third-order valence-corrected chi connectivity index (χ3v) is 13.9. The number of benzene rings is 3. The predicted molar refractivity (Wildman–Crippen MR) is 189 cm³/mol. The molecule has 0 aliphatic carbocycles. The highest BCUT2D eigenvalue weighted by molar-refractivity contribution is 7.99. The summed E-state index contributed by atoms with van der Waals surface area (Å²) in [6, 6.07) is 8.24. The molecular formula is C38H40N4O8S. The van der Waals surface area contributed by atoms with E-state index in [1.807, 2.05) is 39.1 Å². The van der Waals surface area contributed by atoms with Crippen LogP contribution in [0.5, 0.6) is 28.7 Å². The van der Waals surface area contributed by atoms with E-state index in [1.165, 1.54) is 0 Å². The van der Waals surface area contributed by atoms with Crippen LogP contribution in [0, 0.1) is 13.8 Å². The molecule has 0 radical (unpaired) electrons. The molecule has 8 heterocycles. The zero-order chi connectivity index (χ0) is 35.1. The Morgan fingerprint density at radius 1 is 1.06 bits per heavy atom. The number of fused-ring (bicyclic) bond motifs is 11. The summed E-state index contributed by atoms with van der Waals surface area (Å²) in [5, 5.41) is 40.7. The number of phenolic OH excluding ortho intramolecular Hbond substituents is 2. The number of para-hydroxylation sites is 1. The molecule has 7 aliphatic heterocycles. The first-order valence-electron chi connectivity index (χ1n) is 17.5. The number of rotatable bonds is 1. The summed E-state index contributed by atoms with van der Waals surface area (Å²) in [4.78, 5) is 22.4. The number of aromatic nitrogens is 1. The number of aryl methyl sites for hydroxylation is 1. The Kier molecular flexibility index (Phi) is 6.77. The topological polar surface area (TPSA) is 149 Å². The summed E-state index contributed by atoms with van der Waals surface area (Å²) in [5.41, 5.74) is 6.10. The van der Waals surface area contributed by atoms with E-state index in [1.54, 1.807) is 18.9 Å². The van der Waals surface area contributed by atoms with E-state index in [-0.39, 0.29) is 36.7 Å². The number of aromatic amines is 1. The first-order chi connectivity index (χ1) is 24.7. The number of nitrogens with zero attached hydrogens (tertiary/aromatic N) is 2. The van der Waals surface area contributed by atoms with Gasteiger partial charge in [0, 0.05) is 51.5 Å². The average Bonchev–Trinajstić information content (AvgIpc) is 3.77. The number of hydrogen-bond donors (Lipinski definition) is 5. The Morgan fingerprint density at radius 2 is 1.86 bits per heavy atom. The van der Waals surface area contributed by atoms with Crippen molar-refractivity contribution < 1.29 is 39.1 Å². The summed E-state index contributed by atoms with van der Waals surface area (Å²) in [5.74, 6) is 1.44. The van der Waals surface area contributed by atoms with Crippen molar-refractivity contribution in [2.75, 3.05) is 39.9 Å². The van der Waals surface area contributed by atoms with Gasteiger partial charge in [-0.05, 0) is 56.5 Å². The highest BCUT2D eigenvalue weighted by Crippen LogP contribution is 2.64. The molecule has 2 saturated heterocycles. The average molecular weight is 713 g/mol. The maximum absolute atomic E-state index is 14.6. The van der Waals surface area contributed by atoms with Gasteiger partial charge in [-0.1, -0.05) is 24.3 Å². The second-order valence-electron chi connectivity index (χ2n) is 14.7. The molecule has 5 N–H and O–H groups in total. The number of piperazine rings is 1. The maximum Gasteiger partial charge on any atom is 0.333 e. The van der Waals surface area contributed by atoms with Crippen molar-refractivity contribution in [1.82, 2.24) is 20.1 Å². The van der Waals surface area contributed by atoms with Crippen molar-refractivity contribution in [2.45, 2.75) is 67.9 Å². The number of aliphatic hydroxyl groups excluding tert-OH is 1. The molecule has 7 atom stereocenters. The summed E-state index contributed by atoms with van der Waals surface area (Å²) in [6.45, 7) is 4.21. The molecule has 4 aromatic rings. The number of carbonyl (C=O) groups is 1. The fraction of sp³-hybridized carbons (Fsp3) is 0.447. The Hall–Kier alpha value is -4.14. The second kappa shape index (κ2) is 10.9. The van der Waals surface area contributed by atoms with Crippen molar-refractivity contribution >= 4 is 28.6 Å². The minimum atomic E-state index is -1.20. The van der Waals surface area contributed by atoms with E-state index >= 15 is 0 Å². The number of hydrogen-bond acceptors (Lipinski definition) is 12. The van der Waals surface area contributed by atoms with E-state index in [2.05, 4.69) is 32.2 Å². The number of methoxy groups -OCH3 is 1. The lowest BCUT2D eigenvalue weighted by atomic mass is 9.73. The Balaban J connectivity index is 1.22. The molecule has 266 valence electrons. The molecular weight excluding hydrogens is 673 g/mol. The molecule has 1 aromatic heterocycles. The third kappa shape index (κ3) is 3.98. The summed E-state index contributed by atoms with van der Waals surface area (Å²) >= 11 is 1.55. The number of aliphatic hydroxyl groups is 1. The van der Waals surface area contributed by atoms with Crippen LogP contribution in [0.3, 0.4) is 0 Å². The van der Waals surface area contributed by atoms with Gasteiger partial charge in [0.15, 0.2) is 28.5 Å². The van der Waals surface area contributed by atoms with Crippen molar-refractivity contribution in [1.29, 1.82) is 0 Å². The van der Waals surface area contributed by atoms with E-state index in [0.717, 1.165) is 45.3 Å². The van der Waals surface area contributed by atoms with E-state index < -0.39 is 41.1 Å². The van der Waals surface area contributed by atoms with Crippen LogP contribution >= 0.6 is 11.8 Å². The molecule has 0 amide bonds. The smallest absolute Gasteiger partial charge is 0.333 e. The molecule has 3 aromatic carbocycles. The first-order valence-corrected chi connectivity index (χ1v) is 18.6. The lowest BCUT2D eigenvalue weighted by Gasteiger charge is -2.62. The third-order valence-electron chi connectivity index (χ3n) is 12.4. The van der Waals surface area contributed by atoms with Gasteiger partial charge in [0.2, 0.25) is 6.79 Å². The number of ether oxygens (including phenoxy) is 4. The Bertz CT molecular complexity index is 2170. The summed E-state index contributed by atoms with van der Waals surface area (Å²) in [7, 11) is 3.55. The van der Waals surface area contributed by atoms with Crippen molar-refractivity contribution in [2.24, 2.45) is 0 Å². The molecule has 11 rings (SSSR count). The predicted octanol–water partition coefficient (Wildman–Crippen LogP) is 3.96. The van der Waals surface area contributed by atoms with Gasteiger partial charge < -0.3 is 39.3 Å². The molecule has 0 saturated carbocycles. The number of likely N-dealkylation sites (N-methyl/N-ethyl adjacent to an activating group) is 1. The van der Waals surface area contributed by atoms with Gasteiger partial charge in [-0.15, -0.1) is 11.8 Å². The normalized spacial score (nSPS) is 30.8. The molecule has 1 spiro atoms. The molecule has 4 bridgehead atoms. The van der Waals surface area contributed by atoms with Crippen LogP contribution in [0.1, 0.15) is 62.0 Å². The van der Waals surface area contributed by atoms with Crippen LogP contribution in [0.15, 0.2) is 30.3 Å². The number of thioether (sulfide) groups is 1. The highest BCUT2D eigenvalue weighted by Gasteiger charge is 2.61. The SMILES string of the molecule is COc1c(C)cc2c(c1O)[C@@H]1C3[C@@H]4SC[C@]5(NCCc6c5[nH]c5ccccc65)C(=O)OC[C@@H](c5c6c(c(C)c(O)c54)OCO6)N3[C@@H](O)[C@H](C2)N1C. The molecule has 51 heavy (non-hydrogen) atoms. The van der Waals surface area contributed by atoms with E-state index in [4.69, 9.17) is 18.9 Å². The molecule has 7 aliphatic rings. The fourth-order valence-electron chi connectivity index (χ4n) is 10.1. The quantitative estimate of drug-likeness (QED) is 0.182. The van der Waals surface area contributed by atoms with Crippen molar-refractivity contribution in [3.05, 3.63) is 75.0 Å². The first kappa shape index (κ1) is 31.6. The van der Waals surface area contributed by atoms with Crippen LogP contribution in [0.2, 0.25) is 0 Å². The highest BCUT2D eigenvalue weighted by atomic mass is 32.2. The van der Waals surface area contributed by atoms with Crippen molar-refractivity contribution in [3.8, 4) is 28.7 Å². The Labute approximate surface area is 298 Å². The minimum Gasteiger partial charge on any atom is -0.507 e. The Morgan fingerprint density at radius 3 is 2.69 bits per heavy atom. The lowest BCUT2D eigenvalue weighted by Crippen LogP contribution is -2.70. The van der Waals surface area contributed by atoms with E-state index in [0.29, 0.717) is 46.9 Å². The number of nitrogens with one attached hydrogen (secondary N) is 2. The van der Waals surface area contributed by atoms with Gasteiger partial charge in [-0.2, -0.15) is 0 Å². The standard InChI is InChI=1S/C38H40N4O8S/c1-16-11-18-12-22-36(45)42-23-13-48-37(46)38(35-20(9-10-39-38)19-7-5-6-8-21(19)40-35)14-51-34(26-25(23)33-32(49-15-50-33)17(2)29(26)43)28(42)27(41(22)3)24(18)30(44)31(16)47-4/h5-8,11,22-23,27-28,34,36,39-40,43-45H,9-10,12-15H2,1-4H3/t22-,23-,27+,28?,34+,36-,38+/m0/s1. The van der Waals surface area contributed by atoms with Crippen LogP contribution in [0.25, 0.3) is 10.9 Å². The van der Waals surface area contributed by atoms with Crippen LogP contribution in [-0.2, 0) is 27.9 Å². The van der Waals surface area contributed by atoms with Crippen LogP contribution < -0.4 is 19.5 Å². The fourth-order valence-corrected chi connectivity index (χ4v) is 11.8. The zero-order valence-corrected chi connectivity index (χ0v) is 29.6. The van der Waals surface area contributed by atoms with Gasteiger partial charge >= 0.3 is 5.97 Å². The molecule has 12 nitrogen and oxygen atoms in total. The van der Waals surface area contributed by atoms with Crippen molar-refractivity contribution in [3.63, 3.8) is 0 Å². The number of aromatic hydroxyl groups is 2. The zero-order valence-electron chi connectivity index (χ0n) is 28.8. The summed E-state index contributed by atoms with van der Waals surface area (Å²) < 4.78 is 24.2. The van der Waals surface area contributed by atoms with Crippen LogP contribution in [-0.4, -0.2) is 94.2 Å². The van der Waals surface area contributed by atoms with Gasteiger partial charge in [0.25, 0.3) is 0 Å². The van der Waals surface area contributed by atoms with Gasteiger partial charge in [0.05, 0.1) is 36.2 Å². The summed E-state index contributed by atoms with van der Waals surface area (Å²) in [6.07, 6.45) is 0.276. The number of phenols is 2. The van der Waals surface area contributed by atoms with Gasteiger partial charge in [-0.25, -0.2) is 4.79 Å². The minimum absolute atomic E-state index is 0.00701. The van der Waals surface area contributed by atoms with Gasteiger partial charge in [-0.3, -0.25) is 15.1 Å². The maximum atomic E-state index is 14.6. The molecule has 1 unspecified atom stereocenters. The number of H-pyrrole nitrogens is 1.